The molecular weight excluding hydrogens is 140 g/mol. The molecule has 0 bridgehead atoms. The van der Waals surface area contributed by atoms with Crippen molar-refractivity contribution in [3.63, 3.8) is 0 Å². The normalized spacial score (nSPS) is 10.1. The minimum atomic E-state index is 0.404. The molecule has 0 spiro atoms. The van der Waals surface area contributed by atoms with Crippen molar-refractivity contribution in [2.45, 2.75) is 13.8 Å². The molecule has 0 fully saturated rings. The molecule has 1 aromatic rings. The van der Waals surface area contributed by atoms with Crippen LogP contribution in [0.25, 0.3) is 0 Å². The Morgan fingerprint density at radius 2 is 2.45 bits per heavy atom. The molecule has 0 aromatic carbocycles. The van der Waals surface area contributed by atoms with Crippen LogP contribution in [0.1, 0.15) is 13.8 Å². The minimum Gasteiger partial charge on any atom is -0.463 e. The standard InChI is InChI=1S/C8H11N2O/c1-7(2)6-11-8-9-4-3-5-10-8/h3-4,7H,6H2,1-2H3. The Morgan fingerprint density at radius 1 is 1.64 bits per heavy atom. The van der Waals surface area contributed by atoms with Crippen molar-refractivity contribution in [1.29, 1.82) is 0 Å². The lowest BCUT2D eigenvalue weighted by Gasteiger charge is -2.04. The van der Waals surface area contributed by atoms with Crippen LogP contribution in [0.2, 0.25) is 0 Å². The largest absolute Gasteiger partial charge is 0.463 e. The molecule has 0 aliphatic rings. The minimum absolute atomic E-state index is 0.404. The Morgan fingerprint density at radius 3 is 3.00 bits per heavy atom. The fourth-order valence-electron chi connectivity index (χ4n) is 0.566. The molecule has 0 amide bonds. The van der Waals surface area contributed by atoms with Gasteiger partial charge in [0.15, 0.2) is 0 Å². The topological polar surface area (TPSA) is 35.0 Å². The zero-order chi connectivity index (χ0) is 8.10. The van der Waals surface area contributed by atoms with E-state index in [4.69, 9.17) is 4.74 Å². The molecule has 0 saturated heterocycles. The zero-order valence-electron chi connectivity index (χ0n) is 6.74. The predicted molar refractivity (Wildman–Crippen MR) is 41.2 cm³/mol. The molecule has 0 unspecified atom stereocenters. The average Bonchev–Trinajstić information content (AvgIpc) is 2.03. The summed E-state index contributed by atoms with van der Waals surface area (Å²) in [6, 6.07) is 2.04. The van der Waals surface area contributed by atoms with Crippen molar-refractivity contribution in [3.05, 3.63) is 18.5 Å². The first-order valence-electron chi connectivity index (χ1n) is 3.61. The summed E-state index contributed by atoms with van der Waals surface area (Å²) in [4.78, 5) is 7.68. The van der Waals surface area contributed by atoms with Gasteiger partial charge in [-0.2, -0.15) is 4.98 Å². The Balaban J connectivity index is 2.39. The predicted octanol–water partition coefficient (Wildman–Crippen LogP) is 1.31. The van der Waals surface area contributed by atoms with Gasteiger partial charge in [-0.25, -0.2) is 4.98 Å². The van der Waals surface area contributed by atoms with E-state index in [0.717, 1.165) is 0 Å². The van der Waals surface area contributed by atoms with Crippen LogP contribution >= 0.6 is 0 Å². The van der Waals surface area contributed by atoms with E-state index in [9.17, 15) is 0 Å². The summed E-state index contributed by atoms with van der Waals surface area (Å²) in [6.45, 7) is 4.80. The summed E-state index contributed by atoms with van der Waals surface area (Å²) in [5.41, 5.74) is 0. The van der Waals surface area contributed by atoms with Crippen LogP contribution in [0.5, 0.6) is 6.01 Å². The Labute approximate surface area is 66.4 Å². The highest BCUT2D eigenvalue weighted by Gasteiger charge is 1.96. The first-order chi connectivity index (χ1) is 5.29. The molecule has 0 aliphatic heterocycles. The summed E-state index contributed by atoms with van der Waals surface area (Å²) < 4.78 is 5.21. The van der Waals surface area contributed by atoms with Gasteiger partial charge in [0.2, 0.25) is 0 Å². The van der Waals surface area contributed by atoms with Gasteiger partial charge in [0.05, 0.1) is 12.8 Å². The second kappa shape index (κ2) is 3.91. The summed E-state index contributed by atoms with van der Waals surface area (Å²) in [6.07, 6.45) is 4.26. The number of nitrogens with zero attached hydrogens (tertiary/aromatic N) is 2. The first-order valence-corrected chi connectivity index (χ1v) is 3.61. The molecule has 0 saturated carbocycles. The van der Waals surface area contributed by atoms with Crippen LogP contribution in [0, 0.1) is 12.1 Å². The van der Waals surface area contributed by atoms with Gasteiger partial charge in [-0.15, -0.1) is 0 Å². The molecule has 1 radical (unpaired) electrons. The quantitative estimate of drug-likeness (QED) is 0.653. The SMILES string of the molecule is CC(C)COc1n[c]ccn1. The molecule has 59 valence electrons. The van der Waals surface area contributed by atoms with E-state index in [0.29, 0.717) is 18.5 Å². The zero-order valence-corrected chi connectivity index (χ0v) is 6.74. The maximum absolute atomic E-state index is 5.21. The van der Waals surface area contributed by atoms with Crippen LogP contribution in [-0.2, 0) is 0 Å². The number of aromatic nitrogens is 2. The van der Waals surface area contributed by atoms with Crippen LogP contribution in [0.3, 0.4) is 0 Å². The maximum Gasteiger partial charge on any atom is 0.316 e. The van der Waals surface area contributed by atoms with E-state index in [-0.39, 0.29) is 0 Å². The molecular formula is C8H11N2O. The van der Waals surface area contributed by atoms with E-state index in [2.05, 4.69) is 30.0 Å². The van der Waals surface area contributed by atoms with Crippen molar-refractivity contribution in [2.24, 2.45) is 5.92 Å². The third-order valence-corrected chi connectivity index (χ3v) is 1.04. The van der Waals surface area contributed by atoms with Crippen molar-refractivity contribution in [1.82, 2.24) is 9.97 Å². The fraction of sp³-hybridized carbons (Fsp3) is 0.500. The number of hydrogen-bond acceptors (Lipinski definition) is 3. The van der Waals surface area contributed by atoms with E-state index in [1.165, 1.54) is 0 Å². The highest BCUT2D eigenvalue weighted by atomic mass is 16.5. The molecule has 1 heterocycles. The summed E-state index contributed by atoms with van der Waals surface area (Å²) in [5.74, 6) is 0.499. The first kappa shape index (κ1) is 7.98. The van der Waals surface area contributed by atoms with Gasteiger partial charge in [0.1, 0.15) is 0 Å². The van der Waals surface area contributed by atoms with Gasteiger partial charge in [-0.05, 0) is 12.0 Å². The smallest absolute Gasteiger partial charge is 0.316 e. The van der Waals surface area contributed by atoms with Crippen molar-refractivity contribution >= 4 is 0 Å². The number of rotatable bonds is 3. The molecule has 0 N–H and O–H groups in total. The van der Waals surface area contributed by atoms with Gasteiger partial charge in [-0.1, -0.05) is 13.8 Å². The highest BCUT2D eigenvalue weighted by Crippen LogP contribution is 1.99. The summed E-state index contributed by atoms with van der Waals surface area (Å²) in [7, 11) is 0. The lowest BCUT2D eigenvalue weighted by Crippen LogP contribution is -2.06. The van der Waals surface area contributed by atoms with Crippen molar-refractivity contribution in [2.75, 3.05) is 6.61 Å². The van der Waals surface area contributed by atoms with Gasteiger partial charge >= 0.3 is 6.01 Å². The van der Waals surface area contributed by atoms with Gasteiger partial charge in [0, 0.05) is 6.20 Å². The fourth-order valence-corrected chi connectivity index (χ4v) is 0.566. The lowest BCUT2D eigenvalue weighted by molar-refractivity contribution is 0.250. The van der Waals surface area contributed by atoms with E-state index in [1.807, 2.05) is 0 Å². The third kappa shape index (κ3) is 2.98. The van der Waals surface area contributed by atoms with E-state index in [1.54, 1.807) is 12.3 Å². The molecule has 1 rings (SSSR count). The summed E-state index contributed by atoms with van der Waals surface area (Å²) >= 11 is 0. The maximum atomic E-state index is 5.21. The molecule has 0 aliphatic carbocycles. The van der Waals surface area contributed by atoms with Crippen molar-refractivity contribution in [3.8, 4) is 6.01 Å². The van der Waals surface area contributed by atoms with Crippen LogP contribution in [0.15, 0.2) is 12.3 Å². The molecule has 0 atom stereocenters. The molecule has 3 nitrogen and oxygen atoms in total. The average molecular weight is 151 g/mol. The second-order valence-electron chi connectivity index (χ2n) is 2.67. The van der Waals surface area contributed by atoms with Gasteiger partial charge in [0.25, 0.3) is 0 Å². The summed E-state index contributed by atoms with van der Waals surface area (Å²) in [5, 5.41) is 0. The third-order valence-electron chi connectivity index (χ3n) is 1.04. The van der Waals surface area contributed by atoms with Crippen molar-refractivity contribution < 1.29 is 4.74 Å². The Kier molecular flexibility index (Phi) is 2.83. The lowest BCUT2D eigenvalue weighted by atomic mass is 10.2. The van der Waals surface area contributed by atoms with E-state index >= 15 is 0 Å². The molecule has 11 heavy (non-hydrogen) atoms. The Hall–Kier alpha value is -1.12. The Bertz CT molecular complexity index is 199. The molecule has 1 aromatic heterocycles. The van der Waals surface area contributed by atoms with Crippen LogP contribution in [0.4, 0.5) is 0 Å². The van der Waals surface area contributed by atoms with Crippen LogP contribution < -0.4 is 4.74 Å². The number of hydrogen-bond donors (Lipinski definition) is 0. The van der Waals surface area contributed by atoms with Crippen LogP contribution in [-0.4, -0.2) is 16.6 Å². The molecule has 3 heteroatoms. The van der Waals surface area contributed by atoms with Gasteiger partial charge in [-0.3, -0.25) is 0 Å². The monoisotopic (exact) mass is 151 g/mol. The highest BCUT2D eigenvalue weighted by molar-refractivity contribution is 4.91. The van der Waals surface area contributed by atoms with Gasteiger partial charge < -0.3 is 4.74 Å². The second-order valence-corrected chi connectivity index (χ2v) is 2.67. The van der Waals surface area contributed by atoms with E-state index < -0.39 is 0 Å². The number of ether oxygens (including phenoxy) is 1.